The summed E-state index contributed by atoms with van der Waals surface area (Å²) >= 11 is 0. The maximum absolute atomic E-state index is 14.1. The Morgan fingerprint density at radius 3 is 1.06 bits per heavy atom. The highest BCUT2D eigenvalue weighted by atomic mass is 31.2. The Balaban J connectivity index is 5.88. The molecule has 0 aliphatic heterocycles. The van der Waals surface area contributed by atoms with Gasteiger partial charge in [0.05, 0.1) is 19.8 Å². The monoisotopic (exact) mass is 518 g/mol. The van der Waals surface area contributed by atoms with Crippen LogP contribution < -0.4 is 0 Å². The molecule has 7 nitrogen and oxygen atoms in total. The molecule has 8 heteroatoms. The molecular weight excluding hydrogens is 467 g/mol. The van der Waals surface area contributed by atoms with Crippen molar-refractivity contribution in [1.29, 1.82) is 0 Å². The van der Waals surface area contributed by atoms with Gasteiger partial charge in [0.1, 0.15) is 0 Å². The lowest BCUT2D eigenvalue weighted by molar-refractivity contribution is -0.158. The fourth-order valence-electron chi connectivity index (χ4n) is 2.82. The summed E-state index contributed by atoms with van der Waals surface area (Å²) in [5, 5.41) is 0. The van der Waals surface area contributed by atoms with Crippen molar-refractivity contribution in [3.8, 4) is 0 Å². The van der Waals surface area contributed by atoms with Crippen LogP contribution in [-0.4, -0.2) is 38.7 Å². The van der Waals surface area contributed by atoms with Gasteiger partial charge in [0.25, 0.3) is 0 Å². The van der Waals surface area contributed by atoms with Crippen LogP contribution in [0.25, 0.3) is 0 Å². The molecule has 0 fully saturated rings. The summed E-state index contributed by atoms with van der Waals surface area (Å²) in [6, 6.07) is 0. The molecule has 0 bridgehead atoms. The Kier molecular flexibility index (Phi) is 19.8. The van der Waals surface area contributed by atoms with E-state index in [9.17, 15) is 4.57 Å². The molecule has 0 radical (unpaired) electrons. The average molecular weight is 519 g/mol. The van der Waals surface area contributed by atoms with Gasteiger partial charge in [-0.05, 0) is 59.3 Å². The van der Waals surface area contributed by atoms with E-state index in [2.05, 4.69) is 40.5 Å². The van der Waals surface area contributed by atoms with E-state index in [1.54, 1.807) is 0 Å². The van der Waals surface area contributed by atoms with Gasteiger partial charge in [-0.2, -0.15) is 0 Å². The Hall–Kier alpha value is -0.790. The zero-order chi connectivity index (χ0) is 26.7. The first kappa shape index (κ1) is 34.2. The number of hydrogen-bond donors (Lipinski definition) is 0. The minimum absolute atomic E-state index is 0.283. The molecule has 0 N–H and O–H groups in total. The van der Waals surface area contributed by atoms with Crippen molar-refractivity contribution < 1.29 is 32.3 Å². The molecular formula is C27H51O7P. The first-order chi connectivity index (χ1) is 16.5. The van der Waals surface area contributed by atoms with Gasteiger partial charge in [-0.1, -0.05) is 76.5 Å². The van der Waals surface area contributed by atoms with Crippen molar-refractivity contribution in [3.63, 3.8) is 0 Å². The van der Waals surface area contributed by atoms with Gasteiger partial charge < -0.3 is 14.2 Å². The molecule has 0 saturated heterocycles. The number of rotatable bonds is 24. The summed E-state index contributed by atoms with van der Waals surface area (Å²) in [5.41, 5.74) is 2.51. The standard InChI is InChI=1S/C27H51O7P/c1-10-13-16-25(29-19-22(4)5)32-35(28,33-26(17-14-11-2)30-20-23(6)7)34-27(18-15-12-3)31-21-24(8)9/h25-27H,4,6,8,10-21H2,1-3,5,7,9H3. The van der Waals surface area contributed by atoms with E-state index in [4.69, 9.17) is 27.8 Å². The van der Waals surface area contributed by atoms with E-state index in [1.807, 2.05) is 20.8 Å². The van der Waals surface area contributed by atoms with Crippen LogP contribution in [-0.2, 0) is 32.3 Å². The van der Waals surface area contributed by atoms with Gasteiger partial charge in [-0.25, -0.2) is 4.57 Å². The quantitative estimate of drug-likeness (QED) is 0.0721. The molecule has 0 aromatic heterocycles. The third kappa shape index (κ3) is 19.0. The topological polar surface area (TPSA) is 72.5 Å². The number of ether oxygens (including phenoxy) is 3. The largest absolute Gasteiger partial charge is 0.481 e. The summed E-state index contributed by atoms with van der Waals surface area (Å²) in [4.78, 5) is 0. The van der Waals surface area contributed by atoms with Gasteiger partial charge in [-0.3, -0.25) is 13.6 Å². The van der Waals surface area contributed by atoms with E-state index in [0.29, 0.717) is 19.3 Å². The fourth-order valence-corrected chi connectivity index (χ4v) is 4.34. The van der Waals surface area contributed by atoms with Crippen LogP contribution in [0.2, 0.25) is 0 Å². The summed E-state index contributed by atoms with van der Waals surface area (Å²) in [5.74, 6) is 0. The SMILES string of the molecule is C=C(C)COC(CCCC)OP(=O)(OC(CCCC)OCC(=C)C)OC(CCCC)OCC(=C)C. The molecule has 3 atom stereocenters. The summed E-state index contributed by atoms with van der Waals surface area (Å²) < 4.78 is 49.6. The highest BCUT2D eigenvalue weighted by molar-refractivity contribution is 7.48. The second-order valence-electron chi connectivity index (χ2n) is 9.28. The van der Waals surface area contributed by atoms with Crippen LogP contribution in [0.4, 0.5) is 0 Å². The molecule has 0 rings (SSSR count). The van der Waals surface area contributed by atoms with Gasteiger partial charge >= 0.3 is 7.82 Å². The Morgan fingerprint density at radius 1 is 0.600 bits per heavy atom. The smallest absolute Gasteiger partial charge is 0.348 e. The highest BCUT2D eigenvalue weighted by Gasteiger charge is 2.38. The minimum Gasteiger partial charge on any atom is -0.348 e. The van der Waals surface area contributed by atoms with Gasteiger partial charge in [-0.15, -0.1) is 0 Å². The van der Waals surface area contributed by atoms with Crippen molar-refractivity contribution in [3.05, 3.63) is 36.5 Å². The van der Waals surface area contributed by atoms with Crippen LogP contribution in [0, 0.1) is 0 Å². The summed E-state index contributed by atoms with van der Waals surface area (Å²) in [6.07, 6.45) is 4.58. The normalized spacial score (nSPS) is 15.8. The molecule has 0 heterocycles. The van der Waals surface area contributed by atoms with Crippen LogP contribution >= 0.6 is 7.82 Å². The third-order valence-corrected chi connectivity index (χ3v) is 6.15. The van der Waals surface area contributed by atoms with Crippen molar-refractivity contribution in [2.24, 2.45) is 0 Å². The van der Waals surface area contributed by atoms with E-state index in [0.717, 1.165) is 55.2 Å². The van der Waals surface area contributed by atoms with E-state index in [1.165, 1.54) is 0 Å². The summed E-state index contributed by atoms with van der Waals surface area (Å²) in [7, 11) is -4.15. The number of hydrogen-bond acceptors (Lipinski definition) is 7. The Bertz CT molecular complexity index is 564. The predicted molar refractivity (Wildman–Crippen MR) is 143 cm³/mol. The molecule has 0 spiro atoms. The van der Waals surface area contributed by atoms with Crippen LogP contribution in [0.3, 0.4) is 0 Å². The third-order valence-electron chi connectivity index (χ3n) is 4.67. The lowest BCUT2D eigenvalue weighted by Gasteiger charge is -2.30. The number of phosphoric acid groups is 1. The summed E-state index contributed by atoms with van der Waals surface area (Å²) in [6.45, 7) is 24.3. The number of unbranched alkanes of at least 4 members (excludes halogenated alkanes) is 3. The molecule has 206 valence electrons. The molecule has 35 heavy (non-hydrogen) atoms. The Labute approximate surface area is 214 Å². The Morgan fingerprint density at radius 2 is 0.857 bits per heavy atom. The second kappa shape index (κ2) is 20.3. The second-order valence-corrected chi connectivity index (χ2v) is 10.8. The van der Waals surface area contributed by atoms with E-state index < -0.39 is 26.7 Å². The highest BCUT2D eigenvalue weighted by Crippen LogP contribution is 2.54. The van der Waals surface area contributed by atoms with Crippen molar-refractivity contribution in [2.75, 3.05) is 19.8 Å². The van der Waals surface area contributed by atoms with Crippen LogP contribution in [0.15, 0.2) is 36.5 Å². The van der Waals surface area contributed by atoms with Gasteiger partial charge in [0.2, 0.25) is 0 Å². The van der Waals surface area contributed by atoms with Crippen LogP contribution in [0.1, 0.15) is 99.3 Å². The molecule has 0 amide bonds. The maximum atomic E-state index is 14.1. The first-order valence-corrected chi connectivity index (χ1v) is 14.4. The van der Waals surface area contributed by atoms with Crippen molar-refractivity contribution in [1.82, 2.24) is 0 Å². The average Bonchev–Trinajstić information content (AvgIpc) is 2.79. The maximum Gasteiger partial charge on any atom is 0.481 e. The lowest BCUT2D eigenvalue weighted by atomic mass is 10.2. The minimum atomic E-state index is -4.15. The molecule has 0 aromatic rings. The van der Waals surface area contributed by atoms with Gasteiger partial charge in [0.15, 0.2) is 18.9 Å². The van der Waals surface area contributed by atoms with E-state index in [-0.39, 0.29) is 19.8 Å². The molecule has 0 aliphatic rings. The molecule has 0 aliphatic carbocycles. The molecule has 0 aromatic carbocycles. The van der Waals surface area contributed by atoms with Crippen molar-refractivity contribution >= 4 is 7.82 Å². The fraction of sp³-hybridized carbons (Fsp3) is 0.778. The first-order valence-electron chi connectivity index (χ1n) is 13.0. The zero-order valence-electron chi connectivity index (χ0n) is 23.1. The zero-order valence-corrected chi connectivity index (χ0v) is 24.0. The number of phosphoric ester groups is 1. The molecule has 0 saturated carbocycles. The predicted octanol–water partition coefficient (Wildman–Crippen LogP) is 8.47. The van der Waals surface area contributed by atoms with Crippen molar-refractivity contribution in [2.45, 2.75) is 118 Å². The molecule has 3 unspecified atom stereocenters. The lowest BCUT2D eigenvalue weighted by Crippen LogP contribution is -2.26. The van der Waals surface area contributed by atoms with Gasteiger partial charge in [0, 0.05) is 0 Å². The van der Waals surface area contributed by atoms with E-state index >= 15 is 0 Å². The van der Waals surface area contributed by atoms with Crippen LogP contribution in [0.5, 0.6) is 0 Å².